The number of rotatable bonds is 6. The summed E-state index contributed by atoms with van der Waals surface area (Å²) in [5, 5.41) is 13.0. The average molecular weight is 344 g/mol. The Morgan fingerprint density at radius 1 is 1.30 bits per heavy atom. The van der Waals surface area contributed by atoms with E-state index in [0.717, 1.165) is 6.54 Å². The quantitative estimate of drug-likeness (QED) is 0.810. The van der Waals surface area contributed by atoms with Gasteiger partial charge in [0.25, 0.3) is 10.0 Å². The minimum absolute atomic E-state index is 0.236. The summed E-state index contributed by atoms with van der Waals surface area (Å²) in [4.78, 5) is 13.6. The molecule has 9 heteroatoms. The van der Waals surface area contributed by atoms with Gasteiger partial charge in [0, 0.05) is 38.9 Å². The van der Waals surface area contributed by atoms with Gasteiger partial charge in [-0.15, -0.1) is 0 Å². The number of sulfonamides is 1. The summed E-state index contributed by atoms with van der Waals surface area (Å²) in [6.07, 6.45) is 1.30. The fraction of sp³-hybridized carbons (Fsp3) is 0.714. The van der Waals surface area contributed by atoms with Crippen molar-refractivity contribution < 1.29 is 18.3 Å². The summed E-state index contributed by atoms with van der Waals surface area (Å²) in [6.45, 7) is 9.28. The van der Waals surface area contributed by atoms with Crippen molar-refractivity contribution in [3.05, 3.63) is 11.8 Å². The molecule has 1 aliphatic rings. The third kappa shape index (κ3) is 3.91. The summed E-state index contributed by atoms with van der Waals surface area (Å²) in [6, 6.07) is 0. The van der Waals surface area contributed by atoms with E-state index < -0.39 is 16.0 Å². The Morgan fingerprint density at radius 3 is 2.39 bits per heavy atom. The van der Waals surface area contributed by atoms with Crippen molar-refractivity contribution in [2.45, 2.75) is 32.3 Å². The van der Waals surface area contributed by atoms with E-state index in [1.54, 1.807) is 0 Å². The summed E-state index contributed by atoms with van der Waals surface area (Å²) >= 11 is 0. The Hall–Kier alpha value is -1.45. The van der Waals surface area contributed by atoms with Crippen LogP contribution in [-0.4, -0.2) is 71.2 Å². The van der Waals surface area contributed by atoms with E-state index in [4.69, 9.17) is 0 Å². The minimum Gasteiger partial charge on any atom is -0.478 e. The van der Waals surface area contributed by atoms with Crippen LogP contribution < -0.4 is 0 Å². The molecule has 0 aliphatic carbocycles. The van der Waals surface area contributed by atoms with Crippen molar-refractivity contribution in [1.29, 1.82) is 0 Å². The highest BCUT2D eigenvalue weighted by Gasteiger charge is 2.34. The first-order valence-corrected chi connectivity index (χ1v) is 9.23. The molecule has 0 unspecified atom stereocenters. The molecule has 2 heterocycles. The van der Waals surface area contributed by atoms with E-state index in [2.05, 4.69) is 10.00 Å². The number of carboxylic acid groups (broad SMARTS) is 1. The van der Waals surface area contributed by atoms with Crippen LogP contribution in [0.25, 0.3) is 0 Å². The van der Waals surface area contributed by atoms with E-state index in [0.29, 0.717) is 32.7 Å². The van der Waals surface area contributed by atoms with Gasteiger partial charge in [-0.05, 0) is 12.5 Å². The molecule has 0 saturated carbocycles. The Labute approximate surface area is 136 Å². The number of aromatic carboxylic acids is 1. The van der Waals surface area contributed by atoms with Gasteiger partial charge in [-0.25, -0.2) is 13.2 Å². The van der Waals surface area contributed by atoms with Gasteiger partial charge in [0.15, 0.2) is 0 Å². The number of hydrogen-bond acceptors (Lipinski definition) is 5. The van der Waals surface area contributed by atoms with Gasteiger partial charge < -0.3 is 10.0 Å². The van der Waals surface area contributed by atoms with Crippen molar-refractivity contribution in [1.82, 2.24) is 19.0 Å². The van der Waals surface area contributed by atoms with Crippen molar-refractivity contribution in [3.63, 3.8) is 0 Å². The van der Waals surface area contributed by atoms with E-state index in [1.807, 2.05) is 20.8 Å². The molecule has 1 fully saturated rings. The molecule has 1 aliphatic heterocycles. The zero-order valence-electron chi connectivity index (χ0n) is 13.8. The largest absolute Gasteiger partial charge is 0.478 e. The van der Waals surface area contributed by atoms with Gasteiger partial charge in [-0.3, -0.25) is 4.68 Å². The molecule has 0 atom stereocenters. The second-order valence-electron chi connectivity index (χ2n) is 6.11. The van der Waals surface area contributed by atoms with Crippen LogP contribution in [0.2, 0.25) is 0 Å². The topological polar surface area (TPSA) is 95.7 Å². The van der Waals surface area contributed by atoms with Crippen molar-refractivity contribution in [2.24, 2.45) is 5.92 Å². The first-order valence-electron chi connectivity index (χ1n) is 7.79. The first-order chi connectivity index (χ1) is 10.8. The Kier molecular flexibility index (Phi) is 5.43. The van der Waals surface area contributed by atoms with Crippen LogP contribution in [0.15, 0.2) is 11.2 Å². The lowest BCUT2D eigenvalue weighted by atomic mass is 10.2. The molecule has 1 N–H and O–H groups in total. The highest BCUT2D eigenvalue weighted by atomic mass is 32.2. The molecule has 0 bridgehead atoms. The van der Waals surface area contributed by atoms with E-state index >= 15 is 0 Å². The maximum atomic E-state index is 12.8. The fourth-order valence-corrected chi connectivity index (χ4v) is 4.13. The molecule has 1 saturated heterocycles. The summed E-state index contributed by atoms with van der Waals surface area (Å²) in [5.74, 6) is -1.04. The summed E-state index contributed by atoms with van der Waals surface area (Å²) in [7, 11) is -3.89. The number of piperazine rings is 1. The molecule has 0 spiro atoms. The first kappa shape index (κ1) is 17.9. The Bertz CT molecular complexity index is 660. The highest BCUT2D eigenvalue weighted by Crippen LogP contribution is 2.21. The summed E-state index contributed by atoms with van der Waals surface area (Å²) < 4.78 is 28.3. The monoisotopic (exact) mass is 344 g/mol. The van der Waals surface area contributed by atoms with E-state index in [1.165, 1.54) is 15.2 Å². The number of nitrogens with zero attached hydrogens (tertiary/aromatic N) is 4. The smallest absolute Gasteiger partial charge is 0.340 e. The Morgan fingerprint density at radius 2 is 1.91 bits per heavy atom. The average Bonchev–Trinajstić information content (AvgIpc) is 2.91. The van der Waals surface area contributed by atoms with E-state index in [-0.39, 0.29) is 16.5 Å². The van der Waals surface area contributed by atoms with Crippen LogP contribution in [-0.2, 0) is 16.6 Å². The minimum atomic E-state index is -3.89. The molecule has 1 aromatic heterocycles. The van der Waals surface area contributed by atoms with Crippen molar-refractivity contribution in [3.8, 4) is 0 Å². The third-order valence-corrected chi connectivity index (χ3v) is 5.71. The van der Waals surface area contributed by atoms with E-state index in [9.17, 15) is 18.3 Å². The Balaban J connectivity index is 2.31. The lowest BCUT2D eigenvalue weighted by Gasteiger charge is -2.32. The molecule has 8 nitrogen and oxygen atoms in total. The standard InChI is InChI=1S/C14H24N4O4S/c1-4-16-5-7-18(8-6-16)23(21,22)13-12(14(19)20)10-17(15-13)9-11(2)3/h10-11H,4-9H2,1-3H3,(H,19,20). The van der Waals surface area contributed by atoms with Gasteiger partial charge in [-0.1, -0.05) is 20.8 Å². The number of aromatic nitrogens is 2. The lowest BCUT2D eigenvalue weighted by molar-refractivity contribution is 0.0692. The van der Waals surface area contributed by atoms with Gasteiger partial charge in [0.05, 0.1) is 0 Å². The highest BCUT2D eigenvalue weighted by molar-refractivity contribution is 7.89. The number of likely N-dealkylation sites (N-methyl/N-ethyl adjacent to an activating group) is 1. The number of carboxylic acids is 1. The van der Waals surface area contributed by atoms with Crippen molar-refractivity contribution in [2.75, 3.05) is 32.7 Å². The normalized spacial score (nSPS) is 17.7. The van der Waals surface area contributed by atoms with Crippen LogP contribution in [0.4, 0.5) is 0 Å². The van der Waals surface area contributed by atoms with Crippen LogP contribution in [0, 0.1) is 5.92 Å². The molecule has 0 amide bonds. The van der Waals surface area contributed by atoms with Gasteiger partial charge in [0.2, 0.25) is 5.03 Å². The zero-order valence-corrected chi connectivity index (χ0v) is 14.6. The van der Waals surface area contributed by atoms with Gasteiger partial charge in [-0.2, -0.15) is 9.40 Å². The second kappa shape index (κ2) is 6.98. The SMILES string of the molecule is CCN1CCN(S(=O)(=O)c2nn(CC(C)C)cc2C(=O)O)CC1. The number of hydrogen-bond donors (Lipinski definition) is 1. The van der Waals surface area contributed by atoms with Crippen LogP contribution in [0.5, 0.6) is 0 Å². The second-order valence-corrected chi connectivity index (χ2v) is 7.96. The molecular weight excluding hydrogens is 320 g/mol. The molecule has 2 rings (SSSR count). The predicted octanol–water partition coefficient (Wildman–Crippen LogP) is 0.564. The molecule has 130 valence electrons. The molecule has 1 aromatic rings. The molecule has 0 radical (unpaired) electrons. The predicted molar refractivity (Wildman–Crippen MR) is 84.9 cm³/mol. The molecular formula is C14H24N4O4S. The summed E-state index contributed by atoms with van der Waals surface area (Å²) in [5.41, 5.74) is -0.261. The van der Waals surface area contributed by atoms with Crippen LogP contribution in [0.3, 0.4) is 0 Å². The van der Waals surface area contributed by atoms with Gasteiger partial charge >= 0.3 is 5.97 Å². The maximum Gasteiger partial charge on any atom is 0.340 e. The molecule has 0 aromatic carbocycles. The number of carbonyl (C=O) groups is 1. The fourth-order valence-electron chi connectivity index (χ4n) is 2.62. The van der Waals surface area contributed by atoms with Crippen LogP contribution in [0.1, 0.15) is 31.1 Å². The molecule has 23 heavy (non-hydrogen) atoms. The zero-order chi connectivity index (χ0) is 17.2. The van der Waals surface area contributed by atoms with Crippen molar-refractivity contribution >= 4 is 16.0 Å². The van der Waals surface area contributed by atoms with Crippen LogP contribution >= 0.6 is 0 Å². The third-order valence-electron chi connectivity index (χ3n) is 3.87. The lowest BCUT2D eigenvalue weighted by Crippen LogP contribution is -2.48. The maximum absolute atomic E-state index is 12.8. The van der Waals surface area contributed by atoms with Gasteiger partial charge in [0.1, 0.15) is 5.56 Å².